The van der Waals surface area contributed by atoms with Crippen molar-refractivity contribution in [1.29, 1.82) is 0 Å². The zero-order valence-electron chi connectivity index (χ0n) is 24.1. The lowest BCUT2D eigenvalue weighted by Gasteiger charge is -2.39. The van der Waals surface area contributed by atoms with Crippen LogP contribution in [-0.4, -0.2) is 92.1 Å². The molecule has 10 nitrogen and oxygen atoms in total. The van der Waals surface area contributed by atoms with Crippen LogP contribution in [-0.2, 0) is 14.3 Å². The number of nitrogens with zero attached hydrogens (tertiary/aromatic N) is 5. The van der Waals surface area contributed by atoms with Gasteiger partial charge in [0.2, 0.25) is 12.4 Å². The number of alkyl halides is 2. The van der Waals surface area contributed by atoms with Gasteiger partial charge in [-0.3, -0.25) is 9.59 Å². The zero-order chi connectivity index (χ0) is 30.4. The van der Waals surface area contributed by atoms with Gasteiger partial charge in [0.05, 0.1) is 29.7 Å². The number of anilines is 3. The lowest BCUT2D eigenvalue weighted by atomic mass is 10.0. The highest BCUT2D eigenvalue weighted by Crippen LogP contribution is 2.36. The van der Waals surface area contributed by atoms with Crippen LogP contribution in [0.1, 0.15) is 20.8 Å². The molecule has 2 fully saturated rings. The van der Waals surface area contributed by atoms with Gasteiger partial charge in [-0.2, -0.15) is 0 Å². The summed E-state index contributed by atoms with van der Waals surface area (Å²) in [6.07, 6.45) is 2.40. The van der Waals surface area contributed by atoms with Gasteiger partial charge in [-0.1, -0.05) is 6.08 Å². The third kappa shape index (κ3) is 7.08. The first kappa shape index (κ1) is 31.0. The van der Waals surface area contributed by atoms with Crippen LogP contribution < -0.4 is 20.4 Å². The molecule has 226 valence electrons. The Balaban J connectivity index is 1.72. The number of amides is 2. The predicted octanol–water partition coefficient (Wildman–Crippen LogP) is 3.43. The molecule has 2 atom stereocenters. The van der Waals surface area contributed by atoms with Crippen molar-refractivity contribution in [3.05, 3.63) is 53.8 Å². The molecule has 2 aliphatic rings. The normalized spacial score (nSPS) is 20.6. The second-order valence-corrected chi connectivity index (χ2v) is 10.4. The Hall–Kier alpha value is -3.97. The lowest BCUT2D eigenvalue weighted by Crippen LogP contribution is -2.50. The fourth-order valence-corrected chi connectivity index (χ4v) is 5.02. The standard InChI is InChI=1S/C29H36F3N7O3/c1-5-21(27(31)32)23(14-33-17-40)28(41)36-25-10-22(24(30)11-26(25)38-7-6-37(4)18(2)15-38)20-12-34-29(35-13-20)39-8-9-42-19(3)16-39/h5,10-14,17-19,27H,6-9,15-16H2,1-4H3,(H,33,40)(H,36,41)/b21-5+,23-14+. The molecule has 2 aromatic rings. The molecule has 2 saturated heterocycles. The summed E-state index contributed by atoms with van der Waals surface area (Å²) in [5.74, 6) is -0.938. The first-order chi connectivity index (χ1) is 20.1. The summed E-state index contributed by atoms with van der Waals surface area (Å²) in [5.41, 5.74) is 0.171. The Morgan fingerprint density at radius 1 is 1.12 bits per heavy atom. The van der Waals surface area contributed by atoms with Crippen LogP contribution in [0.2, 0.25) is 0 Å². The number of hydrogen-bond donors (Lipinski definition) is 2. The van der Waals surface area contributed by atoms with Crippen LogP contribution >= 0.6 is 0 Å². The van der Waals surface area contributed by atoms with Crippen molar-refractivity contribution in [3.8, 4) is 11.1 Å². The van der Waals surface area contributed by atoms with Gasteiger partial charge in [0.25, 0.3) is 12.3 Å². The number of nitrogens with one attached hydrogen (secondary N) is 2. The van der Waals surface area contributed by atoms with Gasteiger partial charge in [-0.15, -0.1) is 0 Å². The summed E-state index contributed by atoms with van der Waals surface area (Å²) in [4.78, 5) is 39.3. The van der Waals surface area contributed by atoms with E-state index in [0.29, 0.717) is 56.5 Å². The summed E-state index contributed by atoms with van der Waals surface area (Å²) < 4.78 is 48.8. The number of hydrogen-bond acceptors (Lipinski definition) is 8. The third-order valence-electron chi connectivity index (χ3n) is 7.50. The highest BCUT2D eigenvalue weighted by Gasteiger charge is 2.27. The van der Waals surface area contributed by atoms with E-state index in [9.17, 15) is 18.4 Å². The minimum absolute atomic E-state index is 0.0318. The Morgan fingerprint density at radius 2 is 1.86 bits per heavy atom. The van der Waals surface area contributed by atoms with Crippen LogP contribution in [0.15, 0.2) is 47.9 Å². The number of piperazine rings is 1. The van der Waals surface area contributed by atoms with Crippen molar-refractivity contribution in [2.24, 2.45) is 0 Å². The first-order valence-corrected chi connectivity index (χ1v) is 13.8. The van der Waals surface area contributed by atoms with Gasteiger partial charge >= 0.3 is 0 Å². The van der Waals surface area contributed by atoms with Gasteiger partial charge in [-0.25, -0.2) is 23.1 Å². The molecule has 4 rings (SSSR count). The van der Waals surface area contributed by atoms with Gasteiger partial charge in [0.15, 0.2) is 0 Å². The number of ether oxygens (including phenoxy) is 1. The van der Waals surface area contributed by atoms with E-state index >= 15 is 4.39 Å². The molecule has 0 bridgehead atoms. The number of likely N-dealkylation sites (N-methyl/N-ethyl adjacent to an activating group) is 1. The molecule has 2 amide bonds. The van der Waals surface area contributed by atoms with E-state index in [1.807, 2.05) is 30.7 Å². The first-order valence-electron chi connectivity index (χ1n) is 13.8. The average molecular weight is 588 g/mol. The van der Waals surface area contributed by atoms with E-state index in [4.69, 9.17) is 4.74 Å². The summed E-state index contributed by atoms with van der Waals surface area (Å²) in [7, 11) is 2.00. The van der Waals surface area contributed by atoms with E-state index in [1.54, 1.807) is 0 Å². The monoisotopic (exact) mass is 587 g/mol. The van der Waals surface area contributed by atoms with Gasteiger partial charge in [0.1, 0.15) is 5.82 Å². The molecule has 2 unspecified atom stereocenters. The van der Waals surface area contributed by atoms with E-state index < -0.39 is 29.3 Å². The quantitative estimate of drug-likeness (QED) is 0.262. The maximum atomic E-state index is 15.7. The smallest absolute Gasteiger partial charge is 0.264 e. The molecule has 1 aromatic carbocycles. The topological polar surface area (TPSA) is 103 Å². The molecular formula is C29H36F3N7O3. The number of carbonyl (C=O) groups is 2. The van der Waals surface area contributed by atoms with Crippen molar-refractivity contribution >= 4 is 29.6 Å². The molecule has 2 N–H and O–H groups in total. The number of allylic oxidation sites excluding steroid dienone is 1. The Morgan fingerprint density at radius 3 is 2.48 bits per heavy atom. The summed E-state index contributed by atoms with van der Waals surface area (Å²) in [6.45, 7) is 9.01. The van der Waals surface area contributed by atoms with Crippen LogP contribution in [0.5, 0.6) is 0 Å². The fourth-order valence-electron chi connectivity index (χ4n) is 5.02. The molecule has 0 radical (unpaired) electrons. The maximum absolute atomic E-state index is 15.7. The van der Waals surface area contributed by atoms with Gasteiger partial charge < -0.3 is 30.1 Å². The van der Waals surface area contributed by atoms with Crippen LogP contribution in [0.4, 0.5) is 30.5 Å². The Bertz CT molecular complexity index is 1340. The second kappa shape index (κ2) is 13.8. The molecule has 0 spiro atoms. The SMILES string of the molecule is C/C=C(\C(=C/NC=O)C(=O)Nc1cc(-c2cnc(N3CCOC(C)C3)nc2)c(F)cc1N1CCN(C)C(C)C1)C(F)F. The van der Waals surface area contributed by atoms with Crippen LogP contribution in [0.25, 0.3) is 11.1 Å². The van der Waals surface area contributed by atoms with Crippen LogP contribution in [0, 0.1) is 5.82 Å². The van der Waals surface area contributed by atoms with Crippen molar-refractivity contribution in [3.63, 3.8) is 0 Å². The number of benzene rings is 1. The van der Waals surface area contributed by atoms with E-state index in [2.05, 4.69) is 25.5 Å². The van der Waals surface area contributed by atoms with Crippen molar-refractivity contribution in [1.82, 2.24) is 20.2 Å². The molecule has 3 heterocycles. The lowest BCUT2D eigenvalue weighted by molar-refractivity contribution is -0.112. The maximum Gasteiger partial charge on any atom is 0.264 e. The number of rotatable bonds is 9. The fraction of sp³-hybridized carbons (Fsp3) is 0.448. The summed E-state index contributed by atoms with van der Waals surface area (Å²) in [6, 6.07) is 2.94. The minimum Gasteiger partial charge on any atom is -0.375 e. The van der Waals surface area contributed by atoms with E-state index in [1.165, 1.54) is 31.5 Å². The van der Waals surface area contributed by atoms with E-state index in [0.717, 1.165) is 12.3 Å². The van der Waals surface area contributed by atoms with Crippen molar-refractivity contribution in [2.45, 2.75) is 39.3 Å². The summed E-state index contributed by atoms with van der Waals surface area (Å²) >= 11 is 0. The predicted molar refractivity (Wildman–Crippen MR) is 155 cm³/mol. The number of halogens is 3. The summed E-state index contributed by atoms with van der Waals surface area (Å²) in [5, 5.41) is 4.87. The minimum atomic E-state index is -2.97. The Labute approximate surface area is 243 Å². The highest BCUT2D eigenvalue weighted by atomic mass is 19.3. The van der Waals surface area contributed by atoms with Crippen molar-refractivity contribution in [2.75, 3.05) is 61.5 Å². The zero-order valence-corrected chi connectivity index (χ0v) is 24.1. The molecule has 0 saturated carbocycles. The second-order valence-electron chi connectivity index (χ2n) is 10.4. The van der Waals surface area contributed by atoms with Crippen molar-refractivity contribution < 1.29 is 27.5 Å². The Kier molecular flexibility index (Phi) is 10.2. The highest BCUT2D eigenvalue weighted by molar-refractivity contribution is 6.09. The molecule has 13 heteroatoms. The molecule has 2 aliphatic heterocycles. The molecule has 42 heavy (non-hydrogen) atoms. The third-order valence-corrected chi connectivity index (χ3v) is 7.50. The van der Waals surface area contributed by atoms with Gasteiger partial charge in [0, 0.05) is 74.1 Å². The van der Waals surface area contributed by atoms with Crippen LogP contribution in [0.3, 0.4) is 0 Å². The van der Waals surface area contributed by atoms with E-state index in [-0.39, 0.29) is 29.8 Å². The molecular weight excluding hydrogens is 551 g/mol. The largest absolute Gasteiger partial charge is 0.375 e. The molecule has 0 aliphatic carbocycles. The molecule has 1 aromatic heterocycles. The average Bonchev–Trinajstić information content (AvgIpc) is 2.97. The number of morpholine rings is 1. The number of aromatic nitrogens is 2. The number of carbonyl (C=O) groups excluding carboxylic acids is 2. The van der Waals surface area contributed by atoms with Gasteiger partial charge in [-0.05, 0) is 40.0 Å².